The highest BCUT2D eigenvalue weighted by molar-refractivity contribution is 7.21. The number of alkyl halides is 3. The molecule has 21 heavy (non-hydrogen) atoms. The third kappa shape index (κ3) is 2.40. The van der Waals surface area contributed by atoms with Crippen LogP contribution in [0.1, 0.15) is 28.1 Å². The van der Waals surface area contributed by atoms with Gasteiger partial charge in [-0.05, 0) is 29.9 Å². The van der Waals surface area contributed by atoms with Gasteiger partial charge in [0.05, 0.1) is 0 Å². The lowest BCUT2D eigenvalue weighted by atomic mass is 10.1. The van der Waals surface area contributed by atoms with Crippen molar-refractivity contribution in [3.8, 4) is 0 Å². The molecule has 1 aliphatic rings. The minimum absolute atomic E-state index is 0.0426. The SMILES string of the molecule is O=C(O)c1sc2ccccc2c1CNC1(C(F)(F)F)CC1. The van der Waals surface area contributed by atoms with Gasteiger partial charge in [0.2, 0.25) is 0 Å². The van der Waals surface area contributed by atoms with Crippen molar-refractivity contribution in [2.45, 2.75) is 31.1 Å². The first-order chi connectivity index (χ1) is 9.84. The van der Waals surface area contributed by atoms with Crippen LogP contribution in [-0.2, 0) is 6.54 Å². The van der Waals surface area contributed by atoms with Crippen LogP contribution in [0.3, 0.4) is 0 Å². The fourth-order valence-corrected chi connectivity index (χ4v) is 3.45. The maximum absolute atomic E-state index is 12.9. The second-order valence-corrected chi connectivity index (χ2v) is 6.20. The summed E-state index contributed by atoms with van der Waals surface area (Å²) in [5.41, 5.74) is -1.41. The van der Waals surface area contributed by atoms with Crippen LogP contribution in [0.25, 0.3) is 10.1 Å². The van der Waals surface area contributed by atoms with Gasteiger partial charge in [-0.3, -0.25) is 5.32 Å². The van der Waals surface area contributed by atoms with E-state index in [1.807, 2.05) is 0 Å². The molecule has 0 bridgehead atoms. The minimum atomic E-state index is -4.30. The maximum atomic E-state index is 12.9. The quantitative estimate of drug-likeness (QED) is 0.902. The van der Waals surface area contributed by atoms with Crippen molar-refractivity contribution in [3.05, 3.63) is 34.7 Å². The van der Waals surface area contributed by atoms with E-state index >= 15 is 0 Å². The molecule has 0 atom stereocenters. The average Bonchev–Trinajstić information content (AvgIpc) is 3.12. The lowest BCUT2D eigenvalue weighted by molar-refractivity contribution is -0.166. The average molecular weight is 315 g/mol. The Morgan fingerprint density at radius 3 is 2.57 bits per heavy atom. The highest BCUT2D eigenvalue weighted by Crippen LogP contribution is 2.49. The summed E-state index contributed by atoms with van der Waals surface area (Å²) in [4.78, 5) is 11.4. The number of carbonyl (C=O) groups is 1. The van der Waals surface area contributed by atoms with Crippen molar-refractivity contribution in [1.82, 2.24) is 5.32 Å². The minimum Gasteiger partial charge on any atom is -0.477 e. The summed E-state index contributed by atoms with van der Waals surface area (Å²) in [6.45, 7) is -0.0921. The Morgan fingerprint density at radius 2 is 2.00 bits per heavy atom. The normalized spacial score (nSPS) is 17.1. The standard InChI is InChI=1S/C14H12F3NO2S/c15-14(16,17)13(5-6-13)18-7-9-8-3-1-2-4-10(8)21-11(9)12(19)20/h1-4,18H,5-7H2,(H,19,20). The molecule has 3 rings (SSSR count). The third-order valence-corrected chi connectivity index (χ3v) is 4.99. The molecule has 0 aliphatic heterocycles. The number of nitrogens with one attached hydrogen (secondary N) is 1. The van der Waals surface area contributed by atoms with Crippen LogP contribution >= 0.6 is 11.3 Å². The summed E-state index contributed by atoms with van der Waals surface area (Å²) in [6, 6.07) is 7.04. The van der Waals surface area contributed by atoms with Crippen LogP contribution < -0.4 is 5.32 Å². The Bertz CT molecular complexity index is 704. The smallest absolute Gasteiger partial charge is 0.406 e. The number of carboxylic acids is 1. The summed E-state index contributed by atoms with van der Waals surface area (Å²) in [5, 5.41) is 12.4. The van der Waals surface area contributed by atoms with Crippen molar-refractivity contribution in [3.63, 3.8) is 0 Å². The van der Waals surface area contributed by atoms with Gasteiger partial charge in [-0.2, -0.15) is 13.2 Å². The van der Waals surface area contributed by atoms with Gasteiger partial charge in [0.15, 0.2) is 0 Å². The van der Waals surface area contributed by atoms with Crippen molar-refractivity contribution >= 4 is 27.4 Å². The van der Waals surface area contributed by atoms with Gasteiger partial charge in [0.1, 0.15) is 10.4 Å². The first-order valence-corrected chi connectivity index (χ1v) is 7.21. The summed E-state index contributed by atoms with van der Waals surface area (Å²) in [7, 11) is 0. The first-order valence-electron chi connectivity index (χ1n) is 6.39. The van der Waals surface area contributed by atoms with Gasteiger partial charge in [0.25, 0.3) is 0 Å². The van der Waals surface area contributed by atoms with Crippen LogP contribution in [0, 0.1) is 0 Å². The fourth-order valence-electron chi connectivity index (χ4n) is 2.39. The highest BCUT2D eigenvalue weighted by atomic mass is 32.1. The zero-order chi connectivity index (χ0) is 15.3. The number of hydrogen-bond donors (Lipinski definition) is 2. The highest BCUT2D eigenvalue weighted by Gasteiger charge is 2.63. The van der Waals surface area contributed by atoms with E-state index in [1.54, 1.807) is 24.3 Å². The molecule has 0 saturated heterocycles. The second kappa shape index (κ2) is 4.71. The molecule has 1 aromatic heterocycles. The predicted molar refractivity (Wildman–Crippen MR) is 73.6 cm³/mol. The van der Waals surface area contributed by atoms with E-state index in [0.29, 0.717) is 10.9 Å². The molecule has 0 amide bonds. The van der Waals surface area contributed by atoms with Crippen LogP contribution in [0.4, 0.5) is 13.2 Å². The Kier molecular flexibility index (Phi) is 3.22. The van der Waals surface area contributed by atoms with Gasteiger partial charge >= 0.3 is 12.1 Å². The number of fused-ring (bicyclic) bond motifs is 1. The van der Waals surface area contributed by atoms with Crippen LogP contribution in [0.2, 0.25) is 0 Å². The number of thiophene rings is 1. The molecule has 3 nitrogen and oxygen atoms in total. The topological polar surface area (TPSA) is 49.3 Å². The molecule has 1 heterocycles. The predicted octanol–water partition coefficient (Wildman–Crippen LogP) is 3.78. The molecule has 112 valence electrons. The Hall–Kier alpha value is -1.60. The molecule has 1 aliphatic carbocycles. The molecule has 1 fully saturated rings. The second-order valence-electron chi connectivity index (χ2n) is 5.14. The van der Waals surface area contributed by atoms with E-state index < -0.39 is 17.7 Å². The molecule has 2 N–H and O–H groups in total. The van der Waals surface area contributed by atoms with E-state index in [0.717, 1.165) is 16.0 Å². The van der Waals surface area contributed by atoms with E-state index in [9.17, 15) is 23.1 Å². The number of carboxylic acid groups (broad SMARTS) is 1. The van der Waals surface area contributed by atoms with Crippen molar-refractivity contribution in [1.29, 1.82) is 0 Å². The molecule has 1 aromatic carbocycles. The van der Waals surface area contributed by atoms with Gasteiger partial charge in [-0.25, -0.2) is 4.79 Å². The molecule has 0 unspecified atom stereocenters. The van der Waals surface area contributed by atoms with Crippen LogP contribution in [0.15, 0.2) is 24.3 Å². The van der Waals surface area contributed by atoms with E-state index in [1.165, 1.54) is 0 Å². The third-order valence-electron chi connectivity index (χ3n) is 3.79. The first kappa shape index (κ1) is 14.3. The fraction of sp³-hybridized carbons (Fsp3) is 0.357. The summed E-state index contributed by atoms with van der Waals surface area (Å²) >= 11 is 1.09. The monoisotopic (exact) mass is 315 g/mol. The number of halogens is 3. The zero-order valence-electron chi connectivity index (χ0n) is 10.8. The zero-order valence-corrected chi connectivity index (χ0v) is 11.6. The lowest BCUT2D eigenvalue weighted by Gasteiger charge is -2.20. The molecule has 2 aromatic rings. The molecule has 0 spiro atoms. The molecule has 1 saturated carbocycles. The Morgan fingerprint density at radius 1 is 1.33 bits per heavy atom. The molecule has 7 heteroatoms. The Balaban J connectivity index is 1.93. The largest absolute Gasteiger partial charge is 0.477 e. The molecule has 0 radical (unpaired) electrons. The van der Waals surface area contributed by atoms with Crippen molar-refractivity contribution < 1.29 is 23.1 Å². The van der Waals surface area contributed by atoms with Gasteiger partial charge in [-0.1, -0.05) is 18.2 Å². The molecular weight excluding hydrogens is 303 g/mol. The maximum Gasteiger partial charge on any atom is 0.406 e. The van der Waals surface area contributed by atoms with E-state index in [-0.39, 0.29) is 24.3 Å². The lowest BCUT2D eigenvalue weighted by Crippen LogP contribution is -2.44. The van der Waals surface area contributed by atoms with Gasteiger partial charge < -0.3 is 5.11 Å². The van der Waals surface area contributed by atoms with E-state index in [2.05, 4.69) is 5.32 Å². The Labute approximate surface area is 122 Å². The number of benzene rings is 1. The summed E-state index contributed by atoms with van der Waals surface area (Å²) in [6.07, 6.45) is -4.22. The summed E-state index contributed by atoms with van der Waals surface area (Å²) in [5.74, 6) is -1.11. The molecular formula is C14H12F3NO2S. The van der Waals surface area contributed by atoms with Crippen LogP contribution in [0.5, 0.6) is 0 Å². The van der Waals surface area contributed by atoms with Gasteiger partial charge in [0, 0.05) is 11.2 Å². The van der Waals surface area contributed by atoms with Crippen molar-refractivity contribution in [2.75, 3.05) is 0 Å². The van der Waals surface area contributed by atoms with Crippen molar-refractivity contribution in [2.24, 2.45) is 0 Å². The van der Waals surface area contributed by atoms with Crippen LogP contribution in [-0.4, -0.2) is 22.8 Å². The number of aromatic carboxylic acids is 1. The van der Waals surface area contributed by atoms with E-state index in [4.69, 9.17) is 0 Å². The van der Waals surface area contributed by atoms with Gasteiger partial charge in [-0.15, -0.1) is 11.3 Å². The summed E-state index contributed by atoms with van der Waals surface area (Å²) < 4.78 is 39.5. The number of hydrogen-bond acceptors (Lipinski definition) is 3. The number of rotatable bonds is 4.